The summed E-state index contributed by atoms with van der Waals surface area (Å²) >= 11 is 0. The van der Waals surface area contributed by atoms with Crippen molar-refractivity contribution in [1.29, 1.82) is 0 Å². The number of halogens is 1. The summed E-state index contributed by atoms with van der Waals surface area (Å²) in [5.74, 6) is 0.268. The normalized spacial score (nSPS) is 10.6. The van der Waals surface area contributed by atoms with Crippen molar-refractivity contribution in [1.82, 2.24) is 5.43 Å². The Kier molecular flexibility index (Phi) is 6.73. The molecule has 0 heterocycles. The minimum atomic E-state index is -0.428. The number of carbonyl (C=O) groups is 1. The SMILES string of the molecule is O=C(COc1ccc(F)cc1)NN=Cc1ccccc1OCc1ccccc1. The van der Waals surface area contributed by atoms with E-state index in [9.17, 15) is 9.18 Å². The number of hydrazone groups is 1. The lowest BCUT2D eigenvalue weighted by molar-refractivity contribution is -0.123. The van der Waals surface area contributed by atoms with Crippen LogP contribution in [0, 0.1) is 5.82 Å². The van der Waals surface area contributed by atoms with E-state index in [1.54, 1.807) is 0 Å². The fraction of sp³-hybridized carbons (Fsp3) is 0.0909. The van der Waals surface area contributed by atoms with Crippen LogP contribution in [-0.4, -0.2) is 18.7 Å². The van der Waals surface area contributed by atoms with E-state index in [1.165, 1.54) is 30.5 Å². The number of nitrogens with zero attached hydrogens (tertiary/aromatic N) is 1. The van der Waals surface area contributed by atoms with E-state index >= 15 is 0 Å². The molecule has 3 aromatic rings. The van der Waals surface area contributed by atoms with Crippen LogP contribution in [0.25, 0.3) is 0 Å². The molecule has 0 fully saturated rings. The van der Waals surface area contributed by atoms with Crippen LogP contribution in [0.2, 0.25) is 0 Å². The van der Waals surface area contributed by atoms with E-state index in [1.807, 2.05) is 54.6 Å². The Labute approximate surface area is 162 Å². The predicted octanol–water partition coefficient (Wildman–Crippen LogP) is 3.93. The number of rotatable bonds is 8. The van der Waals surface area contributed by atoms with Crippen molar-refractivity contribution >= 4 is 12.1 Å². The van der Waals surface area contributed by atoms with Crippen molar-refractivity contribution in [2.75, 3.05) is 6.61 Å². The molecule has 0 bridgehead atoms. The zero-order valence-electron chi connectivity index (χ0n) is 15.0. The van der Waals surface area contributed by atoms with Gasteiger partial charge in [0.05, 0.1) is 6.21 Å². The van der Waals surface area contributed by atoms with E-state index in [0.717, 1.165) is 11.1 Å². The first-order valence-electron chi connectivity index (χ1n) is 8.67. The zero-order chi connectivity index (χ0) is 19.6. The Bertz CT molecular complexity index is 928. The maximum Gasteiger partial charge on any atom is 0.277 e. The van der Waals surface area contributed by atoms with Gasteiger partial charge in [-0.1, -0.05) is 42.5 Å². The second-order valence-corrected chi connectivity index (χ2v) is 5.85. The van der Waals surface area contributed by atoms with Crippen LogP contribution in [0.1, 0.15) is 11.1 Å². The molecule has 1 N–H and O–H groups in total. The monoisotopic (exact) mass is 378 g/mol. The Morgan fingerprint density at radius 1 is 0.929 bits per heavy atom. The molecule has 3 rings (SSSR count). The first-order chi connectivity index (χ1) is 13.7. The lowest BCUT2D eigenvalue weighted by Gasteiger charge is -2.09. The summed E-state index contributed by atoms with van der Waals surface area (Å²) in [7, 11) is 0. The smallest absolute Gasteiger partial charge is 0.277 e. The molecular weight excluding hydrogens is 359 g/mol. The largest absolute Gasteiger partial charge is 0.488 e. The van der Waals surface area contributed by atoms with Gasteiger partial charge in [0.15, 0.2) is 6.61 Å². The van der Waals surface area contributed by atoms with Gasteiger partial charge < -0.3 is 9.47 Å². The van der Waals surface area contributed by atoms with Crippen LogP contribution in [0.4, 0.5) is 4.39 Å². The highest BCUT2D eigenvalue weighted by molar-refractivity contribution is 5.85. The summed E-state index contributed by atoms with van der Waals surface area (Å²) in [6, 6.07) is 22.7. The minimum Gasteiger partial charge on any atom is -0.488 e. The number of carbonyl (C=O) groups excluding carboxylic acids is 1. The highest BCUT2D eigenvalue weighted by Gasteiger charge is 2.04. The van der Waals surface area contributed by atoms with Gasteiger partial charge in [-0.2, -0.15) is 5.10 Å². The van der Waals surface area contributed by atoms with Gasteiger partial charge in [0.25, 0.3) is 5.91 Å². The molecule has 3 aromatic carbocycles. The quantitative estimate of drug-likeness (QED) is 0.477. The van der Waals surface area contributed by atoms with Crippen molar-refractivity contribution < 1.29 is 18.7 Å². The summed E-state index contributed by atoms with van der Waals surface area (Å²) < 4.78 is 23.9. The lowest BCUT2D eigenvalue weighted by atomic mass is 10.2. The molecule has 0 saturated carbocycles. The van der Waals surface area contributed by atoms with Gasteiger partial charge in [-0.25, -0.2) is 9.82 Å². The van der Waals surface area contributed by atoms with Gasteiger partial charge in [0.1, 0.15) is 23.9 Å². The van der Waals surface area contributed by atoms with Gasteiger partial charge in [-0.15, -0.1) is 0 Å². The molecule has 28 heavy (non-hydrogen) atoms. The number of para-hydroxylation sites is 1. The molecule has 0 saturated heterocycles. The van der Waals surface area contributed by atoms with Gasteiger partial charge in [0, 0.05) is 5.56 Å². The fourth-order valence-corrected chi connectivity index (χ4v) is 2.34. The number of hydrogen-bond acceptors (Lipinski definition) is 4. The Morgan fingerprint density at radius 3 is 2.43 bits per heavy atom. The van der Waals surface area contributed by atoms with Gasteiger partial charge >= 0.3 is 0 Å². The van der Waals surface area contributed by atoms with Crippen LogP contribution in [-0.2, 0) is 11.4 Å². The molecular formula is C22H19FN2O3. The van der Waals surface area contributed by atoms with Crippen molar-refractivity contribution in [2.24, 2.45) is 5.10 Å². The Balaban J connectivity index is 1.50. The maximum absolute atomic E-state index is 12.8. The molecule has 0 aliphatic rings. The zero-order valence-corrected chi connectivity index (χ0v) is 15.0. The molecule has 5 nitrogen and oxygen atoms in total. The van der Waals surface area contributed by atoms with Gasteiger partial charge in [0.2, 0.25) is 0 Å². The third kappa shape index (κ3) is 5.95. The third-order valence-corrected chi connectivity index (χ3v) is 3.73. The molecule has 0 aliphatic carbocycles. The fourth-order valence-electron chi connectivity index (χ4n) is 2.34. The summed E-state index contributed by atoms with van der Waals surface area (Å²) in [4.78, 5) is 11.8. The average Bonchev–Trinajstić information content (AvgIpc) is 2.73. The summed E-state index contributed by atoms with van der Waals surface area (Å²) in [6.07, 6.45) is 1.51. The third-order valence-electron chi connectivity index (χ3n) is 3.73. The summed E-state index contributed by atoms with van der Waals surface area (Å²) in [6.45, 7) is 0.207. The van der Waals surface area contributed by atoms with Crippen LogP contribution in [0.3, 0.4) is 0 Å². The van der Waals surface area contributed by atoms with Gasteiger partial charge in [-0.05, 0) is 42.0 Å². The number of ether oxygens (including phenoxy) is 2. The maximum atomic E-state index is 12.8. The molecule has 6 heteroatoms. The second-order valence-electron chi connectivity index (χ2n) is 5.85. The average molecular weight is 378 g/mol. The first-order valence-corrected chi connectivity index (χ1v) is 8.67. The topological polar surface area (TPSA) is 59.9 Å². The van der Waals surface area contributed by atoms with E-state index in [2.05, 4.69) is 10.5 Å². The van der Waals surface area contributed by atoms with Crippen LogP contribution >= 0.6 is 0 Å². The van der Waals surface area contributed by atoms with Crippen molar-refractivity contribution in [3.05, 3.63) is 95.8 Å². The van der Waals surface area contributed by atoms with Crippen LogP contribution in [0.15, 0.2) is 84.0 Å². The van der Waals surface area contributed by atoms with Gasteiger partial charge in [-0.3, -0.25) is 4.79 Å². The Hall–Kier alpha value is -3.67. The number of benzene rings is 3. The minimum absolute atomic E-state index is 0.227. The first kappa shape index (κ1) is 19.1. The number of hydrogen-bond donors (Lipinski definition) is 1. The van der Waals surface area contributed by atoms with Crippen molar-refractivity contribution in [3.63, 3.8) is 0 Å². The molecule has 1 amide bonds. The van der Waals surface area contributed by atoms with Crippen molar-refractivity contribution in [3.8, 4) is 11.5 Å². The van der Waals surface area contributed by atoms with E-state index < -0.39 is 5.91 Å². The summed E-state index contributed by atoms with van der Waals surface area (Å²) in [5, 5.41) is 3.94. The highest BCUT2D eigenvalue weighted by Crippen LogP contribution is 2.17. The molecule has 0 unspecified atom stereocenters. The second kappa shape index (κ2) is 9.87. The highest BCUT2D eigenvalue weighted by atomic mass is 19.1. The molecule has 0 spiro atoms. The van der Waals surface area contributed by atoms with Crippen LogP contribution < -0.4 is 14.9 Å². The van der Waals surface area contributed by atoms with E-state index in [-0.39, 0.29) is 12.4 Å². The molecule has 0 aliphatic heterocycles. The van der Waals surface area contributed by atoms with E-state index in [4.69, 9.17) is 9.47 Å². The van der Waals surface area contributed by atoms with Crippen LogP contribution in [0.5, 0.6) is 11.5 Å². The molecule has 0 radical (unpaired) electrons. The standard InChI is InChI=1S/C22H19FN2O3/c23-19-10-12-20(13-11-19)27-16-22(26)25-24-14-18-8-4-5-9-21(18)28-15-17-6-2-1-3-7-17/h1-14H,15-16H2,(H,25,26). The molecule has 142 valence electrons. The predicted molar refractivity (Wildman–Crippen MR) is 105 cm³/mol. The van der Waals surface area contributed by atoms with E-state index in [0.29, 0.717) is 18.1 Å². The van der Waals surface area contributed by atoms with Crippen molar-refractivity contribution in [2.45, 2.75) is 6.61 Å². The molecule has 0 aromatic heterocycles. The number of amides is 1. The Morgan fingerprint density at radius 2 is 1.64 bits per heavy atom. The molecule has 0 atom stereocenters. The lowest BCUT2D eigenvalue weighted by Crippen LogP contribution is -2.24. The number of nitrogens with one attached hydrogen (secondary N) is 1. The summed E-state index contributed by atoms with van der Waals surface area (Å²) in [5.41, 5.74) is 4.18.